The fraction of sp³-hybridized carbons (Fsp3) is 1.00. The van der Waals surface area contributed by atoms with E-state index in [0.717, 1.165) is 6.42 Å². The molecule has 1 aliphatic rings. The van der Waals surface area contributed by atoms with Gasteiger partial charge in [-0.15, -0.1) is 0 Å². The fourth-order valence-electron chi connectivity index (χ4n) is 1.98. The molecule has 0 amide bonds. The number of rotatable bonds is 4. The molecule has 1 aliphatic carbocycles. The molecule has 0 radical (unpaired) electrons. The zero-order valence-electron chi connectivity index (χ0n) is 8.90. The van der Waals surface area contributed by atoms with Crippen LogP contribution < -0.4 is 5.32 Å². The van der Waals surface area contributed by atoms with Crippen molar-refractivity contribution in [3.05, 3.63) is 0 Å². The summed E-state index contributed by atoms with van der Waals surface area (Å²) in [5.74, 6) is 0. The van der Waals surface area contributed by atoms with Gasteiger partial charge >= 0.3 is 0 Å². The Morgan fingerprint density at radius 2 is 2.08 bits per heavy atom. The standard InChI is InChI=1S/C10H21NO/c1-6-9(4)7-10(9,12-5)11-8(2)3/h8,11H,6-7H2,1-5H3. The Balaban J connectivity index is 2.58. The van der Waals surface area contributed by atoms with Gasteiger partial charge in [0.2, 0.25) is 0 Å². The van der Waals surface area contributed by atoms with E-state index >= 15 is 0 Å². The molecule has 0 aromatic rings. The Hall–Kier alpha value is -0.0800. The molecule has 0 bridgehead atoms. The van der Waals surface area contributed by atoms with Gasteiger partial charge in [0, 0.05) is 18.6 Å². The second-order valence-corrected chi connectivity index (χ2v) is 4.42. The van der Waals surface area contributed by atoms with E-state index in [1.54, 1.807) is 7.11 Å². The zero-order chi connectivity index (χ0) is 9.41. The molecule has 1 rings (SSSR count). The van der Waals surface area contributed by atoms with E-state index in [4.69, 9.17) is 4.74 Å². The monoisotopic (exact) mass is 171 g/mol. The fourth-order valence-corrected chi connectivity index (χ4v) is 1.98. The average Bonchev–Trinajstić information content (AvgIpc) is 2.57. The lowest BCUT2D eigenvalue weighted by molar-refractivity contribution is 0.00846. The molecule has 12 heavy (non-hydrogen) atoms. The molecular weight excluding hydrogens is 150 g/mol. The van der Waals surface area contributed by atoms with E-state index in [1.807, 2.05) is 0 Å². The lowest BCUT2D eigenvalue weighted by Crippen LogP contribution is -2.42. The van der Waals surface area contributed by atoms with E-state index in [9.17, 15) is 0 Å². The summed E-state index contributed by atoms with van der Waals surface area (Å²) in [4.78, 5) is 0. The van der Waals surface area contributed by atoms with Crippen LogP contribution in [0.5, 0.6) is 0 Å². The molecule has 0 spiro atoms. The van der Waals surface area contributed by atoms with E-state index in [2.05, 4.69) is 33.0 Å². The summed E-state index contributed by atoms with van der Waals surface area (Å²) in [6.07, 6.45) is 2.33. The molecule has 0 heterocycles. The normalized spacial score (nSPS) is 40.5. The van der Waals surface area contributed by atoms with Crippen molar-refractivity contribution in [1.29, 1.82) is 0 Å². The highest BCUT2D eigenvalue weighted by Crippen LogP contribution is 2.58. The summed E-state index contributed by atoms with van der Waals surface area (Å²) in [6.45, 7) is 8.83. The van der Waals surface area contributed by atoms with Gasteiger partial charge in [0.25, 0.3) is 0 Å². The SMILES string of the molecule is CCC1(C)CC1(NC(C)C)OC. The minimum Gasteiger partial charge on any atom is -0.363 e. The van der Waals surface area contributed by atoms with Gasteiger partial charge in [-0.05, 0) is 26.7 Å². The topological polar surface area (TPSA) is 21.3 Å². The Kier molecular flexibility index (Phi) is 2.50. The maximum Gasteiger partial charge on any atom is 0.125 e. The summed E-state index contributed by atoms with van der Waals surface area (Å²) >= 11 is 0. The van der Waals surface area contributed by atoms with Gasteiger partial charge in [-0.3, -0.25) is 5.32 Å². The first-order chi connectivity index (χ1) is 5.49. The lowest BCUT2D eigenvalue weighted by Gasteiger charge is -2.24. The maximum atomic E-state index is 5.56. The second kappa shape index (κ2) is 3.00. The Morgan fingerprint density at radius 1 is 1.50 bits per heavy atom. The van der Waals surface area contributed by atoms with Crippen LogP contribution in [0.1, 0.15) is 40.5 Å². The van der Waals surface area contributed by atoms with Crippen LogP contribution in [0.25, 0.3) is 0 Å². The van der Waals surface area contributed by atoms with Crippen molar-refractivity contribution in [2.24, 2.45) is 5.41 Å². The van der Waals surface area contributed by atoms with Gasteiger partial charge in [-0.1, -0.05) is 13.8 Å². The van der Waals surface area contributed by atoms with E-state index in [0.29, 0.717) is 11.5 Å². The lowest BCUT2D eigenvalue weighted by atomic mass is 10.0. The zero-order valence-corrected chi connectivity index (χ0v) is 8.90. The van der Waals surface area contributed by atoms with Crippen molar-refractivity contribution < 1.29 is 4.74 Å². The highest BCUT2D eigenvalue weighted by Gasteiger charge is 2.64. The van der Waals surface area contributed by atoms with Crippen molar-refractivity contribution in [3.63, 3.8) is 0 Å². The summed E-state index contributed by atoms with van der Waals surface area (Å²) in [5.41, 5.74) is 0.321. The summed E-state index contributed by atoms with van der Waals surface area (Å²) in [6, 6.07) is 0.498. The molecule has 72 valence electrons. The summed E-state index contributed by atoms with van der Waals surface area (Å²) < 4.78 is 5.56. The molecular formula is C10H21NO. The third-order valence-electron chi connectivity index (χ3n) is 3.14. The molecule has 1 saturated carbocycles. The first-order valence-electron chi connectivity index (χ1n) is 4.82. The Labute approximate surface area is 75.7 Å². The van der Waals surface area contributed by atoms with Gasteiger partial charge in [-0.25, -0.2) is 0 Å². The van der Waals surface area contributed by atoms with Crippen LogP contribution in [0, 0.1) is 5.41 Å². The maximum absolute atomic E-state index is 5.56. The smallest absolute Gasteiger partial charge is 0.125 e. The van der Waals surface area contributed by atoms with Gasteiger partial charge in [0.1, 0.15) is 5.72 Å². The highest BCUT2D eigenvalue weighted by atomic mass is 16.5. The van der Waals surface area contributed by atoms with Crippen molar-refractivity contribution in [3.8, 4) is 0 Å². The summed E-state index contributed by atoms with van der Waals surface area (Å²) in [7, 11) is 1.80. The van der Waals surface area contributed by atoms with Gasteiger partial charge in [0.15, 0.2) is 0 Å². The average molecular weight is 171 g/mol. The Morgan fingerprint density at radius 3 is 2.33 bits per heavy atom. The molecule has 2 heteroatoms. The van der Waals surface area contributed by atoms with Crippen molar-refractivity contribution in [2.75, 3.05) is 7.11 Å². The molecule has 0 saturated heterocycles. The molecule has 0 aromatic carbocycles. The predicted molar refractivity (Wildman–Crippen MR) is 51.0 cm³/mol. The van der Waals surface area contributed by atoms with Crippen molar-refractivity contribution >= 4 is 0 Å². The third-order valence-corrected chi connectivity index (χ3v) is 3.14. The molecule has 2 atom stereocenters. The Bertz CT molecular complexity index is 169. The molecule has 0 aliphatic heterocycles. The van der Waals surface area contributed by atoms with Crippen LogP contribution >= 0.6 is 0 Å². The van der Waals surface area contributed by atoms with Crippen LogP contribution in [-0.2, 0) is 4.74 Å². The predicted octanol–water partition coefficient (Wildman–Crippen LogP) is 2.15. The quantitative estimate of drug-likeness (QED) is 0.654. The molecule has 2 nitrogen and oxygen atoms in total. The number of hydrogen-bond acceptors (Lipinski definition) is 2. The second-order valence-electron chi connectivity index (χ2n) is 4.42. The number of nitrogens with one attached hydrogen (secondary N) is 1. The highest BCUT2D eigenvalue weighted by molar-refractivity contribution is 5.12. The van der Waals surface area contributed by atoms with Crippen molar-refractivity contribution in [2.45, 2.75) is 52.3 Å². The minimum atomic E-state index is -0.0318. The first-order valence-corrected chi connectivity index (χ1v) is 4.82. The molecule has 2 unspecified atom stereocenters. The van der Waals surface area contributed by atoms with Crippen LogP contribution in [0.3, 0.4) is 0 Å². The van der Waals surface area contributed by atoms with Crippen molar-refractivity contribution in [1.82, 2.24) is 5.32 Å². The number of hydrogen-bond donors (Lipinski definition) is 1. The minimum absolute atomic E-state index is 0.0318. The third kappa shape index (κ3) is 1.38. The van der Waals surface area contributed by atoms with Crippen LogP contribution in [0.15, 0.2) is 0 Å². The van der Waals surface area contributed by atoms with Gasteiger partial charge in [-0.2, -0.15) is 0 Å². The first kappa shape index (κ1) is 10.0. The number of methoxy groups -OCH3 is 1. The van der Waals surface area contributed by atoms with Crippen LogP contribution in [0.2, 0.25) is 0 Å². The number of ether oxygens (including phenoxy) is 1. The van der Waals surface area contributed by atoms with E-state index in [1.165, 1.54) is 6.42 Å². The molecule has 0 aromatic heterocycles. The van der Waals surface area contributed by atoms with Gasteiger partial charge in [0.05, 0.1) is 0 Å². The summed E-state index contributed by atoms with van der Waals surface area (Å²) in [5, 5.41) is 3.50. The molecule has 1 fully saturated rings. The van der Waals surface area contributed by atoms with Gasteiger partial charge < -0.3 is 4.74 Å². The molecule has 1 N–H and O–H groups in total. The van der Waals surface area contributed by atoms with E-state index in [-0.39, 0.29) is 5.72 Å². The van der Waals surface area contributed by atoms with Crippen LogP contribution in [0.4, 0.5) is 0 Å². The van der Waals surface area contributed by atoms with Crippen LogP contribution in [-0.4, -0.2) is 18.9 Å². The largest absolute Gasteiger partial charge is 0.363 e. The van der Waals surface area contributed by atoms with E-state index < -0.39 is 0 Å².